The van der Waals surface area contributed by atoms with Gasteiger partial charge in [0, 0.05) is 5.92 Å². The molecular weight excluding hydrogens is 266 g/mol. The summed E-state index contributed by atoms with van der Waals surface area (Å²) in [5, 5.41) is 0. The molecule has 0 bridgehead atoms. The third kappa shape index (κ3) is 4.25. The lowest BCUT2D eigenvalue weighted by atomic mass is 9.86. The Balaban J connectivity index is 0.000000194. The summed E-state index contributed by atoms with van der Waals surface area (Å²) in [5.41, 5.74) is 5.83. The minimum Gasteiger partial charge on any atom is -0.468 e. The number of carbonyl (C=O) groups is 1. The van der Waals surface area contributed by atoms with Crippen LogP contribution < -0.4 is 5.73 Å². The predicted octanol–water partition coefficient (Wildman–Crippen LogP) is 4.32. The Bertz CT molecular complexity index is 560. The molecule has 1 amide bonds. The van der Waals surface area contributed by atoms with Crippen molar-refractivity contribution >= 4 is 5.91 Å². The zero-order valence-corrected chi connectivity index (χ0v) is 12.7. The van der Waals surface area contributed by atoms with Crippen LogP contribution in [0.25, 0.3) is 0 Å². The van der Waals surface area contributed by atoms with E-state index < -0.39 is 0 Å². The number of hydrogen-bond acceptors (Lipinski definition) is 3. The average Bonchev–Trinajstić information content (AvgIpc) is 3.09. The molecule has 4 nitrogen and oxygen atoms in total. The first-order valence-electron chi connectivity index (χ1n) is 7.48. The molecule has 3 rings (SSSR count). The smallest absolute Gasteiger partial charge is 0.252 e. The van der Waals surface area contributed by atoms with E-state index in [9.17, 15) is 4.79 Å². The summed E-state index contributed by atoms with van der Waals surface area (Å²) < 4.78 is 10.4. The minimum atomic E-state index is -0.376. The Morgan fingerprint density at radius 1 is 1.10 bits per heavy atom. The highest BCUT2D eigenvalue weighted by Crippen LogP contribution is 2.34. The van der Waals surface area contributed by atoms with E-state index in [0.717, 1.165) is 30.1 Å². The SMILES string of the molecule is Cc1ccc(C)o1.NC(=O)c1ccoc1C1CCCCC1. The molecule has 1 aliphatic carbocycles. The van der Waals surface area contributed by atoms with Gasteiger partial charge < -0.3 is 14.6 Å². The molecule has 0 unspecified atom stereocenters. The molecule has 0 spiro atoms. The first-order valence-corrected chi connectivity index (χ1v) is 7.48. The number of nitrogens with two attached hydrogens (primary N) is 1. The highest BCUT2D eigenvalue weighted by Gasteiger charge is 2.23. The molecule has 1 aliphatic rings. The minimum absolute atomic E-state index is 0.376. The summed E-state index contributed by atoms with van der Waals surface area (Å²) >= 11 is 0. The van der Waals surface area contributed by atoms with E-state index in [1.807, 2.05) is 26.0 Å². The van der Waals surface area contributed by atoms with Crippen molar-refractivity contribution in [3.05, 3.63) is 47.3 Å². The maximum atomic E-state index is 11.1. The van der Waals surface area contributed by atoms with Crippen LogP contribution in [0.2, 0.25) is 0 Å². The largest absolute Gasteiger partial charge is 0.468 e. The van der Waals surface area contributed by atoms with Crippen molar-refractivity contribution in [1.82, 2.24) is 0 Å². The Hall–Kier alpha value is -1.97. The van der Waals surface area contributed by atoms with E-state index in [4.69, 9.17) is 14.6 Å². The molecular formula is C17H23NO3. The fourth-order valence-corrected chi connectivity index (χ4v) is 2.76. The van der Waals surface area contributed by atoms with Gasteiger partial charge in [-0.25, -0.2) is 0 Å². The van der Waals surface area contributed by atoms with Crippen LogP contribution in [0.15, 0.2) is 33.3 Å². The van der Waals surface area contributed by atoms with Crippen LogP contribution in [-0.4, -0.2) is 5.91 Å². The fourth-order valence-electron chi connectivity index (χ4n) is 2.76. The van der Waals surface area contributed by atoms with Crippen LogP contribution in [0, 0.1) is 13.8 Å². The quantitative estimate of drug-likeness (QED) is 0.895. The lowest BCUT2D eigenvalue weighted by molar-refractivity contribution is 0.0997. The van der Waals surface area contributed by atoms with Crippen molar-refractivity contribution in [3.63, 3.8) is 0 Å². The van der Waals surface area contributed by atoms with Crippen molar-refractivity contribution in [2.75, 3.05) is 0 Å². The van der Waals surface area contributed by atoms with Crippen molar-refractivity contribution in [2.24, 2.45) is 5.73 Å². The Morgan fingerprint density at radius 3 is 2.19 bits per heavy atom. The molecule has 21 heavy (non-hydrogen) atoms. The van der Waals surface area contributed by atoms with Crippen LogP contribution in [0.5, 0.6) is 0 Å². The maximum Gasteiger partial charge on any atom is 0.252 e. The van der Waals surface area contributed by atoms with E-state index >= 15 is 0 Å². The van der Waals surface area contributed by atoms with E-state index in [-0.39, 0.29) is 5.91 Å². The number of furan rings is 2. The Kier molecular flexibility index (Phi) is 5.26. The highest BCUT2D eigenvalue weighted by molar-refractivity contribution is 5.93. The number of aryl methyl sites for hydroxylation is 2. The second-order valence-electron chi connectivity index (χ2n) is 5.55. The normalized spacial score (nSPS) is 15.3. The molecule has 1 saturated carbocycles. The molecule has 4 heteroatoms. The molecule has 0 aliphatic heterocycles. The number of hydrogen-bond donors (Lipinski definition) is 1. The molecule has 2 aromatic heterocycles. The molecule has 0 saturated heterocycles. The molecule has 2 heterocycles. The number of primary amides is 1. The van der Waals surface area contributed by atoms with E-state index in [1.54, 1.807) is 12.3 Å². The Labute approximate surface area is 125 Å². The van der Waals surface area contributed by atoms with E-state index in [2.05, 4.69) is 0 Å². The van der Waals surface area contributed by atoms with Crippen molar-refractivity contribution in [2.45, 2.75) is 51.9 Å². The number of amides is 1. The zero-order valence-electron chi connectivity index (χ0n) is 12.7. The van der Waals surface area contributed by atoms with E-state index in [1.165, 1.54) is 19.3 Å². The van der Waals surface area contributed by atoms with Gasteiger partial charge in [-0.15, -0.1) is 0 Å². The summed E-state index contributed by atoms with van der Waals surface area (Å²) in [4.78, 5) is 11.1. The maximum absolute atomic E-state index is 11.1. The molecule has 2 N–H and O–H groups in total. The summed E-state index contributed by atoms with van der Waals surface area (Å²) in [6.45, 7) is 3.88. The van der Waals surface area contributed by atoms with E-state index in [0.29, 0.717) is 11.5 Å². The predicted molar refractivity (Wildman–Crippen MR) is 81.2 cm³/mol. The van der Waals surface area contributed by atoms with Crippen molar-refractivity contribution in [1.29, 1.82) is 0 Å². The third-order valence-electron chi connectivity index (χ3n) is 3.81. The van der Waals surface area contributed by atoms with Gasteiger partial charge in [0.05, 0.1) is 11.8 Å². The van der Waals surface area contributed by atoms with Crippen molar-refractivity contribution < 1.29 is 13.6 Å². The van der Waals surface area contributed by atoms with Gasteiger partial charge in [-0.1, -0.05) is 19.3 Å². The van der Waals surface area contributed by atoms with Gasteiger partial charge >= 0.3 is 0 Å². The fraction of sp³-hybridized carbons (Fsp3) is 0.471. The highest BCUT2D eigenvalue weighted by atomic mass is 16.3. The van der Waals surface area contributed by atoms with Gasteiger partial charge in [0.2, 0.25) is 0 Å². The standard InChI is InChI=1S/C11H15NO2.C6H8O/c12-11(13)9-6-7-14-10(9)8-4-2-1-3-5-8;1-5-3-4-6(2)7-5/h6-8H,1-5H2,(H2,12,13);3-4H,1-2H3. The number of carbonyl (C=O) groups excluding carboxylic acids is 1. The first kappa shape index (κ1) is 15.4. The van der Waals surface area contributed by atoms with Gasteiger partial charge in [-0.2, -0.15) is 0 Å². The van der Waals surface area contributed by atoms with Crippen molar-refractivity contribution in [3.8, 4) is 0 Å². The van der Waals surface area contributed by atoms with Gasteiger partial charge in [0.15, 0.2) is 0 Å². The third-order valence-corrected chi connectivity index (χ3v) is 3.81. The Morgan fingerprint density at radius 2 is 1.71 bits per heavy atom. The van der Waals surface area contributed by atoms with Crippen LogP contribution in [0.4, 0.5) is 0 Å². The van der Waals surface area contributed by atoms with Crippen LogP contribution in [-0.2, 0) is 0 Å². The lowest BCUT2D eigenvalue weighted by Gasteiger charge is -2.20. The number of rotatable bonds is 2. The average molecular weight is 289 g/mol. The molecule has 0 atom stereocenters. The van der Waals surface area contributed by atoms with Gasteiger partial charge in [0.1, 0.15) is 17.3 Å². The first-order chi connectivity index (χ1) is 10.1. The van der Waals surface area contributed by atoms with Gasteiger partial charge in [-0.05, 0) is 44.9 Å². The molecule has 0 aromatic carbocycles. The molecule has 114 valence electrons. The molecule has 0 radical (unpaired) electrons. The van der Waals surface area contributed by atoms with Crippen LogP contribution in [0.1, 0.15) is 65.7 Å². The summed E-state index contributed by atoms with van der Waals surface area (Å²) in [5.74, 6) is 2.80. The van der Waals surface area contributed by atoms with Crippen LogP contribution in [0.3, 0.4) is 0 Å². The summed E-state index contributed by atoms with van der Waals surface area (Å²) in [7, 11) is 0. The summed E-state index contributed by atoms with van der Waals surface area (Å²) in [6, 6.07) is 5.58. The second-order valence-corrected chi connectivity index (χ2v) is 5.55. The lowest BCUT2D eigenvalue weighted by Crippen LogP contribution is -2.14. The second kappa shape index (κ2) is 7.16. The van der Waals surface area contributed by atoms with Gasteiger partial charge in [-0.3, -0.25) is 4.79 Å². The monoisotopic (exact) mass is 289 g/mol. The molecule has 1 fully saturated rings. The zero-order chi connectivity index (χ0) is 15.2. The molecule has 2 aromatic rings. The van der Waals surface area contributed by atoms with Crippen LogP contribution >= 0.6 is 0 Å². The van der Waals surface area contributed by atoms with Gasteiger partial charge in [0.25, 0.3) is 5.91 Å². The topological polar surface area (TPSA) is 69.4 Å². The summed E-state index contributed by atoms with van der Waals surface area (Å²) in [6.07, 6.45) is 7.54.